The number of halogens is 1. The summed E-state index contributed by atoms with van der Waals surface area (Å²) in [5, 5.41) is 12.1. The molecule has 12 heteroatoms. The van der Waals surface area contributed by atoms with Gasteiger partial charge >= 0.3 is 12.2 Å². The lowest BCUT2D eigenvalue weighted by atomic mass is 9.89. The molecule has 11 nitrogen and oxygen atoms in total. The second-order valence-electron chi connectivity index (χ2n) is 7.61. The number of methoxy groups -OCH3 is 1. The fourth-order valence-electron chi connectivity index (χ4n) is 3.63. The van der Waals surface area contributed by atoms with Crippen LogP contribution in [-0.2, 0) is 14.3 Å². The summed E-state index contributed by atoms with van der Waals surface area (Å²) in [6.45, 7) is 2.51. The first-order valence-corrected chi connectivity index (χ1v) is 10.1. The summed E-state index contributed by atoms with van der Waals surface area (Å²) in [5.74, 6) is -0.737. The van der Waals surface area contributed by atoms with Crippen LogP contribution >= 0.6 is 0 Å². The van der Waals surface area contributed by atoms with E-state index in [9.17, 15) is 24.0 Å². The Bertz CT molecular complexity index is 928. The molecular formula is C20H25FN6O5. The SMILES string of the molecule is COC(=O)NNC1(C#N)CCN(c2ccc(N3CC(CNC(C)=O)OC3=O)cc2F)CC1. The number of ether oxygens (including phenoxy) is 2. The molecule has 0 aromatic heterocycles. The number of nitrogens with zero attached hydrogens (tertiary/aromatic N) is 3. The standard InChI is InChI=1S/C20H25FN6O5/c1-13(28)23-10-15-11-27(19(30)32-15)14-3-4-17(16(21)9-14)26-7-5-20(12-22,6-8-26)25-24-18(29)31-2/h3-4,9,15,25H,5-8,10-11H2,1-2H3,(H,23,28)(H,24,29). The van der Waals surface area contributed by atoms with E-state index in [1.54, 1.807) is 17.0 Å². The minimum Gasteiger partial charge on any atom is -0.452 e. The van der Waals surface area contributed by atoms with E-state index in [1.165, 1.54) is 25.0 Å². The molecule has 3 rings (SSSR count). The Morgan fingerprint density at radius 3 is 2.69 bits per heavy atom. The number of carbonyl (C=O) groups excluding carboxylic acids is 3. The third kappa shape index (κ3) is 5.17. The second-order valence-corrected chi connectivity index (χ2v) is 7.61. The highest BCUT2D eigenvalue weighted by molar-refractivity contribution is 5.90. The molecule has 3 N–H and O–H groups in total. The van der Waals surface area contributed by atoms with E-state index in [0.717, 1.165) is 0 Å². The van der Waals surface area contributed by atoms with Crippen LogP contribution in [0.4, 0.5) is 25.4 Å². The predicted octanol–water partition coefficient (Wildman–Crippen LogP) is 1.01. The number of nitrogens with one attached hydrogen (secondary N) is 3. The number of carbonyl (C=O) groups is 3. The monoisotopic (exact) mass is 448 g/mol. The summed E-state index contributed by atoms with van der Waals surface area (Å²) in [6, 6.07) is 6.64. The molecule has 2 aliphatic heterocycles. The van der Waals surface area contributed by atoms with Gasteiger partial charge in [0.2, 0.25) is 5.91 Å². The third-order valence-electron chi connectivity index (χ3n) is 5.46. The van der Waals surface area contributed by atoms with E-state index in [-0.39, 0.29) is 19.0 Å². The number of hydrogen-bond donors (Lipinski definition) is 3. The Kier molecular flexibility index (Phi) is 6.99. The summed E-state index contributed by atoms with van der Waals surface area (Å²) in [5.41, 5.74) is 4.75. The first kappa shape index (κ1) is 23.1. The van der Waals surface area contributed by atoms with E-state index >= 15 is 0 Å². The van der Waals surface area contributed by atoms with Gasteiger partial charge in [0, 0.05) is 20.0 Å². The van der Waals surface area contributed by atoms with Crippen LogP contribution in [0.2, 0.25) is 0 Å². The number of hydrazine groups is 1. The zero-order valence-electron chi connectivity index (χ0n) is 17.8. The van der Waals surface area contributed by atoms with Gasteiger partial charge in [0.1, 0.15) is 17.5 Å². The molecule has 32 heavy (non-hydrogen) atoms. The van der Waals surface area contributed by atoms with Crippen molar-refractivity contribution < 1.29 is 28.2 Å². The Morgan fingerprint density at radius 2 is 2.09 bits per heavy atom. The number of anilines is 2. The summed E-state index contributed by atoms with van der Waals surface area (Å²) in [4.78, 5) is 37.6. The number of benzene rings is 1. The number of nitriles is 1. The van der Waals surface area contributed by atoms with Crippen molar-refractivity contribution in [2.45, 2.75) is 31.4 Å². The van der Waals surface area contributed by atoms with Crippen molar-refractivity contribution in [3.8, 4) is 6.07 Å². The molecule has 1 aromatic rings. The van der Waals surface area contributed by atoms with E-state index in [2.05, 4.69) is 27.0 Å². The lowest BCUT2D eigenvalue weighted by Gasteiger charge is -2.38. The molecule has 172 valence electrons. The van der Waals surface area contributed by atoms with Crippen LogP contribution in [-0.4, -0.2) is 63.0 Å². The molecule has 1 aromatic carbocycles. The van der Waals surface area contributed by atoms with E-state index in [4.69, 9.17) is 4.74 Å². The number of cyclic esters (lactones) is 1. The van der Waals surface area contributed by atoms with Crippen LogP contribution in [0, 0.1) is 17.1 Å². The molecular weight excluding hydrogens is 423 g/mol. The molecule has 0 aliphatic carbocycles. The first-order valence-electron chi connectivity index (χ1n) is 10.1. The number of rotatable bonds is 6. The van der Waals surface area contributed by atoms with Crippen molar-refractivity contribution in [3.05, 3.63) is 24.0 Å². The quantitative estimate of drug-likeness (QED) is 0.549. The summed E-state index contributed by atoms with van der Waals surface area (Å²) < 4.78 is 24.6. The summed E-state index contributed by atoms with van der Waals surface area (Å²) in [7, 11) is 1.22. The fourth-order valence-corrected chi connectivity index (χ4v) is 3.63. The molecule has 0 radical (unpaired) electrons. The normalized spacial score (nSPS) is 19.7. The molecule has 0 bridgehead atoms. The van der Waals surface area contributed by atoms with Gasteiger partial charge in [-0.2, -0.15) is 5.26 Å². The van der Waals surface area contributed by atoms with Gasteiger partial charge in [0.05, 0.1) is 37.6 Å². The van der Waals surface area contributed by atoms with Crippen LogP contribution < -0.4 is 26.0 Å². The smallest absolute Gasteiger partial charge is 0.421 e. The molecule has 2 saturated heterocycles. The van der Waals surface area contributed by atoms with Crippen molar-refractivity contribution in [1.82, 2.24) is 16.2 Å². The van der Waals surface area contributed by atoms with E-state index in [0.29, 0.717) is 37.3 Å². The average molecular weight is 448 g/mol. The van der Waals surface area contributed by atoms with Gasteiger partial charge in [0.25, 0.3) is 0 Å². The van der Waals surface area contributed by atoms with Gasteiger partial charge < -0.3 is 19.7 Å². The highest BCUT2D eigenvalue weighted by Crippen LogP contribution is 2.31. The Hall–Kier alpha value is -3.59. The molecule has 3 amide bonds. The predicted molar refractivity (Wildman–Crippen MR) is 111 cm³/mol. The maximum absolute atomic E-state index is 14.9. The van der Waals surface area contributed by atoms with Crippen molar-refractivity contribution >= 4 is 29.5 Å². The minimum absolute atomic E-state index is 0.186. The molecule has 2 fully saturated rings. The van der Waals surface area contributed by atoms with Gasteiger partial charge in [-0.05, 0) is 31.0 Å². The largest absolute Gasteiger partial charge is 0.452 e. The maximum atomic E-state index is 14.9. The van der Waals surface area contributed by atoms with Crippen molar-refractivity contribution in [2.75, 3.05) is 43.1 Å². The molecule has 0 spiro atoms. The zero-order chi connectivity index (χ0) is 23.3. The van der Waals surface area contributed by atoms with Gasteiger partial charge in [-0.25, -0.2) is 19.4 Å². The van der Waals surface area contributed by atoms with Crippen molar-refractivity contribution in [1.29, 1.82) is 5.26 Å². The summed E-state index contributed by atoms with van der Waals surface area (Å²) >= 11 is 0. The topological polar surface area (TPSA) is 136 Å². The van der Waals surface area contributed by atoms with Crippen molar-refractivity contribution in [2.24, 2.45) is 0 Å². The van der Waals surface area contributed by atoms with Gasteiger partial charge in [-0.3, -0.25) is 15.1 Å². The molecule has 1 atom stereocenters. The third-order valence-corrected chi connectivity index (χ3v) is 5.46. The lowest BCUT2D eigenvalue weighted by molar-refractivity contribution is -0.119. The lowest BCUT2D eigenvalue weighted by Crippen LogP contribution is -2.58. The minimum atomic E-state index is -0.983. The van der Waals surface area contributed by atoms with Gasteiger partial charge in [-0.15, -0.1) is 0 Å². The van der Waals surface area contributed by atoms with Gasteiger partial charge in [0.15, 0.2) is 0 Å². The molecule has 1 unspecified atom stereocenters. The zero-order valence-corrected chi connectivity index (χ0v) is 17.8. The van der Waals surface area contributed by atoms with Crippen LogP contribution in [0.1, 0.15) is 19.8 Å². The van der Waals surface area contributed by atoms with Crippen LogP contribution in [0.15, 0.2) is 18.2 Å². The van der Waals surface area contributed by atoms with E-state index < -0.39 is 29.6 Å². The Labute approximate surface area is 184 Å². The molecule has 2 heterocycles. The number of amides is 3. The number of piperidine rings is 1. The van der Waals surface area contributed by atoms with Crippen LogP contribution in [0.25, 0.3) is 0 Å². The average Bonchev–Trinajstić information content (AvgIpc) is 3.17. The van der Waals surface area contributed by atoms with E-state index in [1.807, 2.05) is 0 Å². The molecule has 2 aliphatic rings. The van der Waals surface area contributed by atoms with Crippen LogP contribution in [0.3, 0.4) is 0 Å². The fraction of sp³-hybridized carbons (Fsp3) is 0.500. The Morgan fingerprint density at radius 1 is 1.38 bits per heavy atom. The summed E-state index contributed by atoms with van der Waals surface area (Å²) in [6.07, 6.45) is -1.13. The maximum Gasteiger partial charge on any atom is 0.421 e. The molecule has 0 saturated carbocycles. The van der Waals surface area contributed by atoms with Gasteiger partial charge in [-0.1, -0.05) is 0 Å². The van der Waals surface area contributed by atoms with Crippen molar-refractivity contribution in [3.63, 3.8) is 0 Å². The highest BCUT2D eigenvalue weighted by atomic mass is 19.1. The second kappa shape index (κ2) is 9.69. The number of hydrogen-bond acceptors (Lipinski definition) is 8. The highest BCUT2D eigenvalue weighted by Gasteiger charge is 2.36. The Balaban J connectivity index is 1.63. The van der Waals surface area contributed by atoms with Crippen LogP contribution in [0.5, 0.6) is 0 Å². The first-order chi connectivity index (χ1) is 15.3.